The molecule has 2 fully saturated rings. The van der Waals surface area contributed by atoms with Gasteiger partial charge >= 0.3 is 0 Å². The minimum absolute atomic E-state index is 0. The van der Waals surface area contributed by atoms with Crippen molar-refractivity contribution in [1.82, 2.24) is 10.2 Å². The molecular weight excluding hydrogens is 402 g/mol. The second-order valence-electron chi connectivity index (χ2n) is 6.75. The number of amides is 1. The first kappa shape index (κ1) is 21.8. The largest absolute Gasteiger partial charge is 0.477 e. The molecule has 1 unspecified atom stereocenters. The van der Waals surface area contributed by atoms with Crippen LogP contribution in [0.1, 0.15) is 25.7 Å². The number of hydrogen-bond donors (Lipinski definition) is 1. The zero-order valence-corrected chi connectivity index (χ0v) is 16.5. The number of hydrogen-bond acceptors (Lipinski definition) is 5. The second kappa shape index (κ2) is 8.70. The third kappa shape index (κ3) is 4.89. The summed E-state index contributed by atoms with van der Waals surface area (Å²) in [5.41, 5.74) is 0. The van der Waals surface area contributed by atoms with Gasteiger partial charge in [-0.1, -0.05) is 0 Å². The minimum atomic E-state index is -3.89. The summed E-state index contributed by atoms with van der Waals surface area (Å²) in [7, 11) is -3.89. The van der Waals surface area contributed by atoms with Crippen LogP contribution >= 0.6 is 12.4 Å². The predicted molar refractivity (Wildman–Crippen MR) is 98.0 cm³/mol. The Morgan fingerprint density at radius 1 is 1.15 bits per heavy atom. The van der Waals surface area contributed by atoms with Crippen molar-refractivity contribution < 1.29 is 26.7 Å². The molecule has 0 spiro atoms. The van der Waals surface area contributed by atoms with Gasteiger partial charge < -0.3 is 15.0 Å². The molecule has 0 aliphatic carbocycles. The Bertz CT molecular complexity index is 800. The van der Waals surface area contributed by atoms with Gasteiger partial charge in [0, 0.05) is 24.9 Å². The molecule has 0 radical (unpaired) electrons. The normalized spacial score (nSPS) is 21.7. The number of piperidine rings is 2. The fourth-order valence-electron chi connectivity index (χ4n) is 3.49. The third-order valence-corrected chi connectivity index (χ3v) is 5.94. The zero-order chi connectivity index (χ0) is 18.9. The van der Waals surface area contributed by atoms with Crippen molar-refractivity contribution in [3.8, 4) is 5.75 Å². The van der Waals surface area contributed by atoms with Crippen molar-refractivity contribution in [2.75, 3.05) is 25.9 Å². The molecule has 1 atom stereocenters. The van der Waals surface area contributed by atoms with Crippen molar-refractivity contribution in [2.45, 2.75) is 42.7 Å². The third-order valence-electron chi connectivity index (χ3n) is 4.83. The van der Waals surface area contributed by atoms with Crippen LogP contribution in [0.2, 0.25) is 0 Å². The summed E-state index contributed by atoms with van der Waals surface area (Å²) >= 11 is 0. The number of rotatable bonds is 4. The van der Waals surface area contributed by atoms with Gasteiger partial charge in [-0.15, -0.1) is 12.4 Å². The van der Waals surface area contributed by atoms with Gasteiger partial charge in [0.1, 0.15) is 10.7 Å². The monoisotopic (exact) mass is 424 g/mol. The Kier molecular flexibility index (Phi) is 7.04. The lowest BCUT2D eigenvalue weighted by molar-refractivity contribution is -0.145. The molecule has 0 aromatic heterocycles. The number of carbonyl (C=O) groups is 1. The van der Waals surface area contributed by atoms with Crippen LogP contribution in [0.25, 0.3) is 0 Å². The predicted octanol–water partition coefficient (Wildman–Crippen LogP) is 1.91. The lowest BCUT2D eigenvalue weighted by atomic mass is 9.99. The summed E-state index contributed by atoms with van der Waals surface area (Å²) < 4.78 is 56.6. The highest BCUT2D eigenvalue weighted by Crippen LogP contribution is 2.28. The first-order valence-electron chi connectivity index (χ1n) is 8.64. The van der Waals surface area contributed by atoms with Crippen molar-refractivity contribution in [1.29, 1.82) is 0 Å². The van der Waals surface area contributed by atoms with Crippen molar-refractivity contribution in [2.24, 2.45) is 0 Å². The van der Waals surface area contributed by atoms with Gasteiger partial charge in [0.15, 0.2) is 27.5 Å². The Labute approximate surface area is 163 Å². The Morgan fingerprint density at radius 2 is 1.81 bits per heavy atom. The van der Waals surface area contributed by atoms with Gasteiger partial charge in [-0.25, -0.2) is 17.2 Å². The van der Waals surface area contributed by atoms with Gasteiger partial charge in [0.2, 0.25) is 0 Å². The van der Waals surface area contributed by atoms with Crippen LogP contribution in [0.3, 0.4) is 0 Å². The fourth-order valence-corrected chi connectivity index (χ4v) is 4.22. The first-order chi connectivity index (χ1) is 12.3. The van der Waals surface area contributed by atoms with E-state index >= 15 is 0 Å². The Hall–Kier alpha value is -1.45. The van der Waals surface area contributed by atoms with Gasteiger partial charge in [-0.3, -0.25) is 4.79 Å². The summed E-state index contributed by atoms with van der Waals surface area (Å²) in [6.45, 7) is 2.31. The fraction of sp³-hybridized carbons (Fsp3) is 0.588. The average Bonchev–Trinajstić information content (AvgIpc) is 2.59. The van der Waals surface area contributed by atoms with E-state index in [4.69, 9.17) is 4.74 Å². The van der Waals surface area contributed by atoms with E-state index in [0.717, 1.165) is 32.2 Å². The summed E-state index contributed by atoms with van der Waals surface area (Å²) in [4.78, 5) is 13.8. The summed E-state index contributed by atoms with van der Waals surface area (Å²) in [5, 5.41) is 3.24. The van der Waals surface area contributed by atoms with Gasteiger partial charge in [0.05, 0.1) is 0 Å². The van der Waals surface area contributed by atoms with Crippen LogP contribution in [0.5, 0.6) is 5.75 Å². The van der Waals surface area contributed by atoms with Crippen LogP contribution in [0.4, 0.5) is 8.78 Å². The smallest absolute Gasteiger partial charge is 0.263 e. The standard InChI is InChI=1S/C17H22F2N2O4S.ClH/c1-26(23,24)16-10-12(18)15(9-13(16)19)25-14-3-2-8-21(17(14)22)11-4-6-20-7-5-11;/h9-11,14,20H,2-8H2,1H3;1H. The average molecular weight is 425 g/mol. The SMILES string of the molecule is CS(=O)(=O)c1cc(F)c(OC2CCCN(C3CCNCC3)C2=O)cc1F.Cl. The number of likely N-dealkylation sites (tertiary alicyclic amines) is 1. The van der Waals surface area contributed by atoms with Crippen LogP contribution in [-0.4, -0.2) is 57.3 Å². The molecule has 1 N–H and O–H groups in total. The number of sulfone groups is 1. The second-order valence-corrected chi connectivity index (χ2v) is 8.73. The molecule has 2 aliphatic rings. The number of halogens is 3. The molecule has 27 heavy (non-hydrogen) atoms. The van der Waals surface area contributed by atoms with E-state index in [1.165, 1.54) is 0 Å². The van der Waals surface area contributed by atoms with E-state index in [-0.39, 0.29) is 24.4 Å². The zero-order valence-electron chi connectivity index (χ0n) is 14.9. The maximum absolute atomic E-state index is 14.2. The molecule has 2 heterocycles. The number of nitrogens with one attached hydrogen (secondary N) is 1. The van der Waals surface area contributed by atoms with E-state index < -0.39 is 38.2 Å². The van der Waals surface area contributed by atoms with Crippen LogP contribution in [0, 0.1) is 11.6 Å². The van der Waals surface area contributed by atoms with E-state index in [1.54, 1.807) is 4.90 Å². The number of nitrogens with zero attached hydrogens (tertiary/aromatic N) is 1. The molecule has 10 heteroatoms. The number of carbonyl (C=O) groups excluding carboxylic acids is 1. The van der Waals surface area contributed by atoms with E-state index in [1.807, 2.05) is 0 Å². The van der Waals surface area contributed by atoms with Gasteiger partial charge in [0.25, 0.3) is 5.91 Å². The molecule has 2 aliphatic heterocycles. The highest BCUT2D eigenvalue weighted by atomic mass is 35.5. The Morgan fingerprint density at radius 3 is 2.44 bits per heavy atom. The molecule has 2 saturated heterocycles. The molecule has 0 saturated carbocycles. The molecule has 1 aromatic carbocycles. The van der Waals surface area contributed by atoms with E-state index in [9.17, 15) is 22.0 Å². The summed E-state index contributed by atoms with van der Waals surface area (Å²) in [6.07, 6.45) is 2.74. The maximum Gasteiger partial charge on any atom is 0.263 e. The Balaban J connectivity index is 0.00000261. The van der Waals surface area contributed by atoms with Crippen LogP contribution in [0.15, 0.2) is 17.0 Å². The minimum Gasteiger partial charge on any atom is -0.477 e. The molecule has 0 bridgehead atoms. The maximum atomic E-state index is 14.2. The molecule has 6 nitrogen and oxygen atoms in total. The van der Waals surface area contributed by atoms with Crippen LogP contribution in [-0.2, 0) is 14.6 Å². The lowest BCUT2D eigenvalue weighted by Gasteiger charge is -2.39. The quantitative estimate of drug-likeness (QED) is 0.799. The molecule has 1 aromatic rings. The van der Waals surface area contributed by atoms with Crippen LogP contribution < -0.4 is 10.1 Å². The molecular formula is C17H23ClF2N2O4S. The highest BCUT2D eigenvalue weighted by Gasteiger charge is 2.35. The van der Waals surface area contributed by atoms with Crippen molar-refractivity contribution in [3.05, 3.63) is 23.8 Å². The van der Waals surface area contributed by atoms with E-state index in [0.29, 0.717) is 31.5 Å². The molecule has 1 amide bonds. The number of ether oxygens (including phenoxy) is 1. The first-order valence-corrected chi connectivity index (χ1v) is 10.5. The highest BCUT2D eigenvalue weighted by molar-refractivity contribution is 7.90. The molecule has 3 rings (SSSR count). The number of benzene rings is 1. The molecule has 152 valence electrons. The summed E-state index contributed by atoms with van der Waals surface area (Å²) in [5.74, 6) is -2.77. The van der Waals surface area contributed by atoms with Gasteiger partial charge in [-0.2, -0.15) is 0 Å². The van der Waals surface area contributed by atoms with E-state index in [2.05, 4.69) is 5.32 Å². The topological polar surface area (TPSA) is 75.7 Å². The van der Waals surface area contributed by atoms with Crippen molar-refractivity contribution >= 4 is 28.2 Å². The lowest BCUT2D eigenvalue weighted by Crippen LogP contribution is -2.53. The van der Waals surface area contributed by atoms with Gasteiger partial charge in [-0.05, 0) is 44.8 Å². The van der Waals surface area contributed by atoms with Crippen molar-refractivity contribution in [3.63, 3.8) is 0 Å². The summed E-state index contributed by atoms with van der Waals surface area (Å²) in [6, 6.07) is 1.42.